The van der Waals surface area contributed by atoms with Crippen molar-refractivity contribution >= 4 is 22.8 Å². The van der Waals surface area contributed by atoms with Crippen LogP contribution in [0.3, 0.4) is 0 Å². The van der Waals surface area contributed by atoms with E-state index in [4.69, 9.17) is 0 Å². The highest BCUT2D eigenvalue weighted by Crippen LogP contribution is 2.23. The third-order valence-electron chi connectivity index (χ3n) is 3.02. The lowest BCUT2D eigenvalue weighted by Gasteiger charge is -2.12. The van der Waals surface area contributed by atoms with Gasteiger partial charge in [-0.15, -0.1) is 0 Å². The van der Waals surface area contributed by atoms with Gasteiger partial charge < -0.3 is 10.2 Å². The van der Waals surface area contributed by atoms with Gasteiger partial charge >= 0.3 is 6.03 Å². The monoisotopic (exact) mass is 282 g/mol. The van der Waals surface area contributed by atoms with Gasteiger partial charge in [0.05, 0.1) is 18.1 Å². The van der Waals surface area contributed by atoms with Crippen LogP contribution >= 0.6 is 0 Å². The highest BCUT2D eigenvalue weighted by atomic mass is 16.2. The molecular formula is C14H14N6O. The molecule has 0 saturated carbocycles. The molecule has 0 saturated heterocycles. The molecule has 7 heteroatoms. The van der Waals surface area contributed by atoms with Crippen molar-refractivity contribution < 1.29 is 4.79 Å². The third kappa shape index (κ3) is 2.66. The summed E-state index contributed by atoms with van der Waals surface area (Å²) in [6, 6.07) is 3.63. The number of carbonyl (C=O) groups excluding carboxylic acids is 1. The Kier molecular flexibility index (Phi) is 3.23. The Labute approximate surface area is 121 Å². The molecule has 0 spiro atoms. The van der Waals surface area contributed by atoms with Crippen molar-refractivity contribution in [2.75, 3.05) is 19.4 Å². The predicted molar refractivity (Wildman–Crippen MR) is 79.8 cm³/mol. The highest BCUT2D eigenvalue weighted by Gasteiger charge is 2.07. The number of urea groups is 1. The maximum atomic E-state index is 11.7. The lowest BCUT2D eigenvalue weighted by Crippen LogP contribution is -2.27. The van der Waals surface area contributed by atoms with Crippen molar-refractivity contribution in [2.45, 2.75) is 0 Å². The number of hydrogen-bond acceptors (Lipinski definition) is 4. The number of pyridine rings is 2. The summed E-state index contributed by atoms with van der Waals surface area (Å²) >= 11 is 0. The van der Waals surface area contributed by atoms with Gasteiger partial charge in [0.15, 0.2) is 5.65 Å². The van der Waals surface area contributed by atoms with Crippen LogP contribution in [-0.2, 0) is 0 Å². The lowest BCUT2D eigenvalue weighted by molar-refractivity contribution is 0.230. The van der Waals surface area contributed by atoms with Gasteiger partial charge in [0.2, 0.25) is 0 Å². The summed E-state index contributed by atoms with van der Waals surface area (Å²) in [5, 5.41) is 10.5. The predicted octanol–water partition coefficient (Wildman–Crippen LogP) is 2.11. The lowest BCUT2D eigenvalue weighted by atomic mass is 10.1. The molecule has 0 aliphatic carbocycles. The van der Waals surface area contributed by atoms with Crippen molar-refractivity contribution in [3.8, 4) is 11.1 Å². The second-order valence-corrected chi connectivity index (χ2v) is 4.82. The van der Waals surface area contributed by atoms with E-state index in [0.717, 1.165) is 22.2 Å². The fraction of sp³-hybridized carbons (Fsp3) is 0.143. The first-order chi connectivity index (χ1) is 10.1. The molecule has 0 atom stereocenters. The molecule has 0 fully saturated rings. The summed E-state index contributed by atoms with van der Waals surface area (Å²) in [4.78, 5) is 21.6. The van der Waals surface area contributed by atoms with E-state index in [-0.39, 0.29) is 6.03 Å². The summed E-state index contributed by atoms with van der Waals surface area (Å²) in [6.45, 7) is 0. The van der Waals surface area contributed by atoms with Gasteiger partial charge in [-0.05, 0) is 12.1 Å². The zero-order valence-electron chi connectivity index (χ0n) is 11.7. The number of amides is 2. The van der Waals surface area contributed by atoms with Crippen molar-refractivity contribution in [3.63, 3.8) is 0 Å². The van der Waals surface area contributed by atoms with E-state index < -0.39 is 0 Å². The second kappa shape index (κ2) is 5.20. The van der Waals surface area contributed by atoms with E-state index in [2.05, 4.69) is 25.5 Å². The number of fused-ring (bicyclic) bond motifs is 1. The number of hydrogen-bond donors (Lipinski definition) is 2. The van der Waals surface area contributed by atoms with Gasteiger partial charge in [0, 0.05) is 43.0 Å². The van der Waals surface area contributed by atoms with Crippen LogP contribution in [0.2, 0.25) is 0 Å². The van der Waals surface area contributed by atoms with Gasteiger partial charge in [-0.1, -0.05) is 0 Å². The fourth-order valence-electron chi connectivity index (χ4n) is 1.90. The minimum Gasteiger partial charge on any atom is -0.331 e. The van der Waals surface area contributed by atoms with E-state index in [9.17, 15) is 4.79 Å². The Bertz CT molecular complexity index is 795. The van der Waals surface area contributed by atoms with E-state index in [0.29, 0.717) is 5.69 Å². The van der Waals surface area contributed by atoms with Crippen LogP contribution in [0.1, 0.15) is 0 Å². The van der Waals surface area contributed by atoms with E-state index in [1.54, 1.807) is 38.9 Å². The number of nitrogens with zero attached hydrogens (tertiary/aromatic N) is 4. The Morgan fingerprint density at radius 2 is 1.95 bits per heavy atom. The second-order valence-electron chi connectivity index (χ2n) is 4.82. The molecular weight excluding hydrogens is 268 g/mol. The first kappa shape index (κ1) is 13.0. The molecule has 2 amide bonds. The van der Waals surface area contributed by atoms with Crippen LogP contribution in [0.15, 0.2) is 36.9 Å². The average molecular weight is 282 g/mol. The fourth-order valence-corrected chi connectivity index (χ4v) is 1.90. The summed E-state index contributed by atoms with van der Waals surface area (Å²) in [5.74, 6) is 0. The number of anilines is 1. The van der Waals surface area contributed by atoms with Crippen LogP contribution in [0, 0.1) is 0 Å². The molecule has 3 rings (SSSR count). The highest BCUT2D eigenvalue weighted by molar-refractivity contribution is 5.89. The zero-order chi connectivity index (χ0) is 14.8. The number of aromatic nitrogens is 4. The summed E-state index contributed by atoms with van der Waals surface area (Å²) in [5.41, 5.74) is 3.17. The molecule has 3 heterocycles. The molecule has 3 aromatic rings. The molecule has 7 nitrogen and oxygen atoms in total. The van der Waals surface area contributed by atoms with Crippen LogP contribution in [-0.4, -0.2) is 45.2 Å². The SMILES string of the molecule is CN(C)C(=O)Nc1cncc(-c2cnc3[nH]ncc3c2)c1. The molecule has 3 aromatic heterocycles. The number of rotatable bonds is 2. The zero-order valence-corrected chi connectivity index (χ0v) is 11.7. The molecule has 0 aliphatic rings. The van der Waals surface area contributed by atoms with Crippen LogP contribution < -0.4 is 5.32 Å². The van der Waals surface area contributed by atoms with Crippen molar-refractivity contribution in [2.24, 2.45) is 0 Å². The Morgan fingerprint density at radius 3 is 2.76 bits per heavy atom. The van der Waals surface area contributed by atoms with Crippen LogP contribution in [0.5, 0.6) is 0 Å². The number of aromatic amines is 1. The summed E-state index contributed by atoms with van der Waals surface area (Å²) in [7, 11) is 3.37. The molecule has 0 unspecified atom stereocenters. The van der Waals surface area contributed by atoms with Gasteiger partial charge in [-0.3, -0.25) is 10.1 Å². The minimum absolute atomic E-state index is 0.197. The molecule has 106 valence electrons. The van der Waals surface area contributed by atoms with E-state index in [1.807, 2.05) is 12.1 Å². The molecule has 2 N–H and O–H groups in total. The summed E-state index contributed by atoms with van der Waals surface area (Å²) in [6.07, 6.45) is 6.80. The maximum Gasteiger partial charge on any atom is 0.321 e. The first-order valence-electron chi connectivity index (χ1n) is 6.36. The normalized spacial score (nSPS) is 10.6. The van der Waals surface area contributed by atoms with Gasteiger partial charge in [0.1, 0.15) is 0 Å². The van der Waals surface area contributed by atoms with Crippen LogP contribution in [0.25, 0.3) is 22.2 Å². The van der Waals surface area contributed by atoms with Gasteiger partial charge in [-0.2, -0.15) is 5.10 Å². The Balaban J connectivity index is 1.93. The quantitative estimate of drug-likeness (QED) is 0.753. The van der Waals surface area contributed by atoms with Crippen molar-refractivity contribution in [1.82, 2.24) is 25.1 Å². The van der Waals surface area contributed by atoms with Crippen molar-refractivity contribution in [1.29, 1.82) is 0 Å². The topological polar surface area (TPSA) is 86.8 Å². The molecule has 21 heavy (non-hydrogen) atoms. The Morgan fingerprint density at radius 1 is 1.14 bits per heavy atom. The smallest absolute Gasteiger partial charge is 0.321 e. The maximum absolute atomic E-state index is 11.7. The average Bonchev–Trinajstić information content (AvgIpc) is 2.94. The molecule has 0 aromatic carbocycles. The number of nitrogens with one attached hydrogen (secondary N) is 2. The largest absolute Gasteiger partial charge is 0.331 e. The molecule has 0 aliphatic heterocycles. The van der Waals surface area contributed by atoms with E-state index in [1.165, 1.54) is 4.90 Å². The molecule has 0 radical (unpaired) electrons. The third-order valence-corrected chi connectivity index (χ3v) is 3.02. The van der Waals surface area contributed by atoms with E-state index >= 15 is 0 Å². The summed E-state index contributed by atoms with van der Waals surface area (Å²) < 4.78 is 0. The first-order valence-corrected chi connectivity index (χ1v) is 6.36. The Hall–Kier alpha value is -2.96. The molecule has 0 bridgehead atoms. The van der Waals surface area contributed by atoms with Gasteiger partial charge in [0.25, 0.3) is 0 Å². The number of H-pyrrole nitrogens is 1. The van der Waals surface area contributed by atoms with Gasteiger partial charge in [-0.25, -0.2) is 9.78 Å². The minimum atomic E-state index is -0.197. The van der Waals surface area contributed by atoms with Crippen LogP contribution in [0.4, 0.5) is 10.5 Å². The van der Waals surface area contributed by atoms with Crippen molar-refractivity contribution in [3.05, 3.63) is 36.9 Å². The number of carbonyl (C=O) groups is 1. The standard InChI is InChI=1S/C14H14N6O/c1-20(2)14(21)18-12-4-10(5-15-8-12)9-3-11-7-17-19-13(11)16-6-9/h3-8H,1-2H3,(H,18,21)(H,16,17,19).